The van der Waals surface area contributed by atoms with Crippen molar-refractivity contribution in [2.75, 3.05) is 35.3 Å². The molecule has 1 aromatic heterocycles. The number of sulfonamides is 1. The maximum absolute atomic E-state index is 12.3. The molecule has 0 radical (unpaired) electrons. The predicted octanol–water partition coefficient (Wildman–Crippen LogP) is 2.45. The zero-order chi connectivity index (χ0) is 19.2. The van der Waals surface area contributed by atoms with Gasteiger partial charge in [-0.05, 0) is 18.6 Å². The summed E-state index contributed by atoms with van der Waals surface area (Å²) in [5, 5.41) is 10.8. The third kappa shape index (κ3) is 5.58. The molecule has 0 bridgehead atoms. The van der Waals surface area contributed by atoms with E-state index in [1.165, 1.54) is 18.4 Å². The molecule has 0 saturated heterocycles. The van der Waals surface area contributed by atoms with Crippen LogP contribution in [0.3, 0.4) is 0 Å². The van der Waals surface area contributed by atoms with Crippen molar-refractivity contribution in [3.05, 3.63) is 24.3 Å². The van der Waals surface area contributed by atoms with Gasteiger partial charge in [-0.3, -0.25) is 14.4 Å². The molecule has 1 aromatic carbocycles. The molecule has 0 spiro atoms. The number of benzene rings is 1. The molecule has 26 heavy (non-hydrogen) atoms. The number of carbonyl (C=O) groups is 1. The summed E-state index contributed by atoms with van der Waals surface area (Å²) in [5.41, 5.74) is 0.295. The minimum absolute atomic E-state index is 0.295. The first-order valence-electron chi connectivity index (χ1n) is 7.72. The van der Waals surface area contributed by atoms with E-state index in [2.05, 4.69) is 22.4 Å². The summed E-state index contributed by atoms with van der Waals surface area (Å²) in [6.07, 6.45) is 2.05. The second kappa shape index (κ2) is 9.19. The summed E-state index contributed by atoms with van der Waals surface area (Å²) in [4.78, 5) is 12.3. The van der Waals surface area contributed by atoms with Crippen molar-refractivity contribution < 1.29 is 17.9 Å². The van der Waals surface area contributed by atoms with Gasteiger partial charge in [0.05, 0.1) is 19.1 Å². The molecule has 0 fully saturated rings. The number of nitrogens with zero attached hydrogens (tertiary/aromatic N) is 3. The Kier molecular flexibility index (Phi) is 7.23. The van der Waals surface area contributed by atoms with Crippen molar-refractivity contribution >= 4 is 49.8 Å². The molecule has 1 N–H and O–H groups in total. The Hall–Kier alpha value is -1.85. The van der Waals surface area contributed by atoms with Gasteiger partial charge in [-0.15, -0.1) is 10.2 Å². The summed E-state index contributed by atoms with van der Waals surface area (Å²) in [7, 11) is -2.25. The predicted molar refractivity (Wildman–Crippen MR) is 105 cm³/mol. The van der Waals surface area contributed by atoms with Gasteiger partial charge in [0.2, 0.25) is 21.1 Å². The lowest BCUT2D eigenvalue weighted by molar-refractivity contribution is -0.114. The molecule has 142 valence electrons. The molecular formula is C15H20N4O4S3. The molecule has 0 aliphatic rings. The SMILES string of the molecule is CCCSc1nnc(NC(=O)CN(c2ccccc2OC)S(C)(=O)=O)s1. The topological polar surface area (TPSA) is 101 Å². The van der Waals surface area contributed by atoms with E-state index < -0.39 is 22.5 Å². The number of amides is 1. The van der Waals surface area contributed by atoms with E-state index in [9.17, 15) is 13.2 Å². The number of anilines is 2. The molecule has 0 aliphatic heterocycles. The van der Waals surface area contributed by atoms with Crippen LogP contribution in [0.5, 0.6) is 5.75 Å². The summed E-state index contributed by atoms with van der Waals surface area (Å²) in [6.45, 7) is 1.67. The van der Waals surface area contributed by atoms with Crippen molar-refractivity contribution in [2.24, 2.45) is 0 Å². The van der Waals surface area contributed by atoms with E-state index in [1.54, 1.807) is 36.0 Å². The van der Waals surface area contributed by atoms with Crippen LogP contribution in [-0.2, 0) is 14.8 Å². The Labute approximate surface area is 161 Å². The Morgan fingerprint density at radius 3 is 2.73 bits per heavy atom. The average Bonchev–Trinajstić information content (AvgIpc) is 3.04. The molecule has 0 aliphatic carbocycles. The van der Waals surface area contributed by atoms with Gasteiger partial charge >= 0.3 is 0 Å². The Morgan fingerprint density at radius 1 is 1.35 bits per heavy atom. The van der Waals surface area contributed by atoms with Crippen LogP contribution in [0.1, 0.15) is 13.3 Å². The number of nitrogens with one attached hydrogen (secondary N) is 1. The molecule has 2 aromatic rings. The van der Waals surface area contributed by atoms with E-state index in [4.69, 9.17) is 4.74 Å². The number of rotatable bonds is 9. The van der Waals surface area contributed by atoms with Crippen molar-refractivity contribution in [3.8, 4) is 5.75 Å². The van der Waals surface area contributed by atoms with Crippen LogP contribution in [0.25, 0.3) is 0 Å². The van der Waals surface area contributed by atoms with Gasteiger partial charge < -0.3 is 4.74 Å². The molecule has 11 heteroatoms. The normalized spacial score (nSPS) is 11.2. The van der Waals surface area contributed by atoms with Crippen molar-refractivity contribution in [1.29, 1.82) is 0 Å². The summed E-state index contributed by atoms with van der Waals surface area (Å²) in [5.74, 6) is 0.766. The first kappa shape index (κ1) is 20.5. The van der Waals surface area contributed by atoms with Gasteiger partial charge in [-0.25, -0.2) is 8.42 Å². The van der Waals surface area contributed by atoms with E-state index >= 15 is 0 Å². The number of hydrogen-bond donors (Lipinski definition) is 1. The fourth-order valence-electron chi connectivity index (χ4n) is 2.01. The van der Waals surface area contributed by atoms with Gasteiger partial charge in [0.15, 0.2) is 4.34 Å². The van der Waals surface area contributed by atoms with E-state index in [0.29, 0.717) is 16.6 Å². The highest BCUT2D eigenvalue weighted by Crippen LogP contribution is 2.30. The van der Waals surface area contributed by atoms with E-state index in [-0.39, 0.29) is 0 Å². The van der Waals surface area contributed by atoms with Crippen LogP contribution < -0.4 is 14.4 Å². The number of ether oxygens (including phenoxy) is 1. The Morgan fingerprint density at radius 2 is 2.08 bits per heavy atom. The number of hydrogen-bond acceptors (Lipinski definition) is 8. The van der Waals surface area contributed by atoms with Crippen LogP contribution in [-0.4, -0.2) is 50.2 Å². The number of methoxy groups -OCH3 is 1. The van der Waals surface area contributed by atoms with Gasteiger partial charge in [0.1, 0.15) is 12.3 Å². The molecule has 0 atom stereocenters. The molecular weight excluding hydrogens is 396 g/mol. The summed E-state index contributed by atoms with van der Waals surface area (Å²) in [6, 6.07) is 6.61. The monoisotopic (exact) mass is 416 g/mol. The fourth-order valence-corrected chi connectivity index (χ4v) is 4.57. The molecule has 1 amide bonds. The number of para-hydroxylation sites is 2. The molecule has 8 nitrogen and oxygen atoms in total. The molecule has 1 heterocycles. The minimum Gasteiger partial charge on any atom is -0.495 e. The highest BCUT2D eigenvalue weighted by Gasteiger charge is 2.24. The van der Waals surface area contributed by atoms with E-state index in [1.807, 2.05) is 0 Å². The summed E-state index contributed by atoms with van der Waals surface area (Å²) >= 11 is 2.81. The highest BCUT2D eigenvalue weighted by atomic mass is 32.2. The Balaban J connectivity index is 2.13. The lowest BCUT2D eigenvalue weighted by Gasteiger charge is -2.23. The van der Waals surface area contributed by atoms with Gasteiger partial charge in [0.25, 0.3) is 0 Å². The van der Waals surface area contributed by atoms with Gasteiger partial charge in [-0.2, -0.15) is 0 Å². The molecule has 0 saturated carbocycles. The van der Waals surface area contributed by atoms with Crippen LogP contribution in [0.15, 0.2) is 28.6 Å². The lowest BCUT2D eigenvalue weighted by Crippen LogP contribution is -2.37. The smallest absolute Gasteiger partial charge is 0.246 e. The zero-order valence-corrected chi connectivity index (χ0v) is 17.1. The second-order valence-corrected chi connectivity index (χ2v) is 9.44. The van der Waals surface area contributed by atoms with Crippen LogP contribution in [0.2, 0.25) is 0 Å². The van der Waals surface area contributed by atoms with Crippen LogP contribution >= 0.6 is 23.1 Å². The number of carbonyl (C=O) groups excluding carboxylic acids is 1. The van der Waals surface area contributed by atoms with E-state index in [0.717, 1.165) is 27.1 Å². The number of thioether (sulfide) groups is 1. The standard InChI is InChI=1S/C15H20N4O4S3/c1-4-9-24-15-18-17-14(25-15)16-13(20)10-19(26(3,21)22)11-7-5-6-8-12(11)23-2/h5-8H,4,9-10H2,1-3H3,(H,16,17,20). The minimum atomic E-state index is -3.69. The quantitative estimate of drug-likeness (QED) is 0.495. The maximum Gasteiger partial charge on any atom is 0.246 e. The van der Waals surface area contributed by atoms with Crippen molar-refractivity contribution in [1.82, 2.24) is 10.2 Å². The van der Waals surface area contributed by atoms with Crippen LogP contribution in [0, 0.1) is 0 Å². The highest BCUT2D eigenvalue weighted by molar-refractivity contribution is 8.01. The Bertz CT molecular complexity index is 854. The lowest BCUT2D eigenvalue weighted by atomic mass is 10.3. The first-order valence-corrected chi connectivity index (χ1v) is 11.4. The number of aromatic nitrogens is 2. The van der Waals surface area contributed by atoms with Crippen molar-refractivity contribution in [2.45, 2.75) is 17.7 Å². The maximum atomic E-state index is 12.3. The third-order valence-corrected chi connectivity index (χ3v) is 6.43. The molecule has 0 unspecified atom stereocenters. The third-order valence-electron chi connectivity index (χ3n) is 3.12. The molecule has 2 rings (SSSR count). The largest absolute Gasteiger partial charge is 0.495 e. The fraction of sp³-hybridized carbons (Fsp3) is 0.400. The van der Waals surface area contributed by atoms with Crippen LogP contribution in [0.4, 0.5) is 10.8 Å². The van der Waals surface area contributed by atoms with Gasteiger partial charge in [-0.1, -0.05) is 42.2 Å². The second-order valence-electron chi connectivity index (χ2n) is 5.21. The zero-order valence-electron chi connectivity index (χ0n) is 14.6. The van der Waals surface area contributed by atoms with Crippen molar-refractivity contribution in [3.63, 3.8) is 0 Å². The average molecular weight is 417 g/mol. The van der Waals surface area contributed by atoms with Gasteiger partial charge in [0, 0.05) is 5.75 Å². The summed E-state index contributed by atoms with van der Waals surface area (Å²) < 4.78 is 31.3. The first-order chi connectivity index (χ1) is 12.3.